The van der Waals surface area contributed by atoms with E-state index in [9.17, 15) is 4.79 Å². The van der Waals surface area contributed by atoms with Gasteiger partial charge in [-0.3, -0.25) is 4.79 Å². The minimum absolute atomic E-state index is 0.0333. The Morgan fingerprint density at radius 2 is 2.47 bits per heavy atom. The summed E-state index contributed by atoms with van der Waals surface area (Å²) in [6, 6.07) is 2.36. The molecule has 1 amide bonds. The number of amides is 1. The molecule has 2 rings (SSSR count). The second-order valence-electron chi connectivity index (χ2n) is 4.48. The van der Waals surface area contributed by atoms with E-state index in [0.29, 0.717) is 6.04 Å². The van der Waals surface area contributed by atoms with Gasteiger partial charge in [0, 0.05) is 18.0 Å². The van der Waals surface area contributed by atoms with Crippen molar-refractivity contribution in [3.8, 4) is 0 Å². The molecule has 1 N–H and O–H groups in total. The highest BCUT2D eigenvalue weighted by atomic mass is 79.9. The zero-order valence-electron chi connectivity index (χ0n) is 9.91. The number of likely N-dealkylation sites (N-methyl/N-ethyl adjacent to an activating group) is 1. The van der Waals surface area contributed by atoms with E-state index in [4.69, 9.17) is 0 Å². The Kier molecular flexibility index (Phi) is 4.59. The van der Waals surface area contributed by atoms with Crippen LogP contribution < -0.4 is 5.32 Å². The van der Waals surface area contributed by atoms with E-state index in [1.165, 1.54) is 19.3 Å². The largest absolute Gasteiger partial charge is 0.350 e. The molecule has 0 bridgehead atoms. The monoisotopic (exact) mass is 316 g/mol. The Bertz CT molecular complexity index is 394. The van der Waals surface area contributed by atoms with Crippen molar-refractivity contribution in [1.29, 1.82) is 0 Å². The predicted octanol–water partition coefficient (Wildman–Crippen LogP) is 2.72. The zero-order chi connectivity index (χ0) is 12.3. The van der Waals surface area contributed by atoms with Gasteiger partial charge in [0.05, 0.1) is 9.35 Å². The molecule has 0 aliphatic carbocycles. The van der Waals surface area contributed by atoms with Crippen LogP contribution >= 0.6 is 27.3 Å². The van der Waals surface area contributed by atoms with E-state index in [-0.39, 0.29) is 5.91 Å². The van der Waals surface area contributed by atoms with Gasteiger partial charge in [-0.25, -0.2) is 0 Å². The molecule has 94 valence electrons. The molecule has 1 unspecified atom stereocenters. The molecule has 0 radical (unpaired) electrons. The second-order valence-corrected chi connectivity index (χ2v) is 6.77. The first-order valence-electron chi connectivity index (χ1n) is 5.89. The molecule has 1 saturated heterocycles. The molecule has 1 aromatic rings. The molecule has 1 atom stereocenters. The molecule has 1 aromatic heterocycles. The van der Waals surface area contributed by atoms with Gasteiger partial charge in [-0.05, 0) is 48.4 Å². The van der Waals surface area contributed by atoms with E-state index in [2.05, 4.69) is 33.2 Å². The lowest BCUT2D eigenvalue weighted by Crippen LogP contribution is -2.44. The van der Waals surface area contributed by atoms with Gasteiger partial charge in [0.15, 0.2) is 0 Å². The minimum Gasteiger partial charge on any atom is -0.350 e. The molecule has 0 saturated carbocycles. The van der Waals surface area contributed by atoms with E-state index in [0.717, 1.165) is 22.4 Å². The first-order valence-corrected chi connectivity index (χ1v) is 7.56. The first-order chi connectivity index (χ1) is 8.16. The molecule has 5 heteroatoms. The van der Waals surface area contributed by atoms with E-state index >= 15 is 0 Å². The van der Waals surface area contributed by atoms with E-state index < -0.39 is 0 Å². The maximum absolute atomic E-state index is 11.9. The van der Waals surface area contributed by atoms with Gasteiger partial charge < -0.3 is 10.2 Å². The molecular weight excluding hydrogens is 300 g/mol. The summed E-state index contributed by atoms with van der Waals surface area (Å²) in [6.45, 7) is 1.90. The number of likely N-dealkylation sites (tertiary alicyclic amines) is 1. The van der Waals surface area contributed by atoms with Gasteiger partial charge in [0.2, 0.25) is 0 Å². The summed E-state index contributed by atoms with van der Waals surface area (Å²) in [5, 5.41) is 4.90. The number of nitrogens with one attached hydrogen (secondary N) is 1. The lowest BCUT2D eigenvalue weighted by atomic mass is 10.0. The fourth-order valence-corrected chi connectivity index (χ4v) is 3.28. The average molecular weight is 317 g/mol. The number of halogens is 1. The van der Waals surface area contributed by atoms with Crippen LogP contribution in [0.2, 0.25) is 0 Å². The number of carbonyl (C=O) groups excluding carboxylic acids is 1. The van der Waals surface area contributed by atoms with Gasteiger partial charge in [0.1, 0.15) is 0 Å². The molecule has 1 aliphatic heterocycles. The fraction of sp³-hybridized carbons (Fsp3) is 0.583. The van der Waals surface area contributed by atoms with Crippen LogP contribution in [0.15, 0.2) is 15.2 Å². The minimum atomic E-state index is 0.0333. The summed E-state index contributed by atoms with van der Waals surface area (Å²) in [6.07, 6.45) is 3.73. The highest BCUT2D eigenvalue weighted by Gasteiger charge is 2.19. The number of hydrogen-bond acceptors (Lipinski definition) is 3. The number of carbonyl (C=O) groups is 1. The molecule has 17 heavy (non-hydrogen) atoms. The molecule has 0 aromatic carbocycles. The van der Waals surface area contributed by atoms with Gasteiger partial charge in [0.25, 0.3) is 5.91 Å². The van der Waals surface area contributed by atoms with Crippen molar-refractivity contribution in [3.05, 3.63) is 20.8 Å². The van der Waals surface area contributed by atoms with Gasteiger partial charge in [-0.2, -0.15) is 0 Å². The Balaban J connectivity index is 1.83. The Morgan fingerprint density at radius 3 is 3.12 bits per heavy atom. The lowest BCUT2D eigenvalue weighted by molar-refractivity contribution is 0.0929. The third kappa shape index (κ3) is 3.53. The van der Waals surface area contributed by atoms with Crippen LogP contribution in [0, 0.1) is 0 Å². The summed E-state index contributed by atoms with van der Waals surface area (Å²) in [4.78, 5) is 14.2. The summed E-state index contributed by atoms with van der Waals surface area (Å²) in [7, 11) is 2.14. The van der Waals surface area contributed by atoms with Crippen LogP contribution in [0.25, 0.3) is 0 Å². The maximum atomic E-state index is 11.9. The number of hydrogen-bond donors (Lipinski definition) is 1. The van der Waals surface area contributed by atoms with Crippen molar-refractivity contribution in [2.45, 2.75) is 25.3 Å². The van der Waals surface area contributed by atoms with Crippen molar-refractivity contribution >= 4 is 33.2 Å². The topological polar surface area (TPSA) is 32.3 Å². The highest BCUT2D eigenvalue weighted by Crippen LogP contribution is 2.20. The molecule has 3 nitrogen and oxygen atoms in total. The first kappa shape index (κ1) is 13.1. The standard InChI is InChI=1S/C12H17BrN2OS/c1-15-5-3-2-4-10(15)7-14-12(16)9-6-11(13)17-8-9/h6,8,10H,2-5,7H2,1H3,(H,14,16). The molecule has 2 heterocycles. The van der Waals surface area contributed by atoms with Gasteiger partial charge in [-0.1, -0.05) is 6.42 Å². The summed E-state index contributed by atoms with van der Waals surface area (Å²) in [5.41, 5.74) is 0.750. The molecule has 0 spiro atoms. The number of nitrogens with zero attached hydrogens (tertiary/aromatic N) is 1. The Hall–Kier alpha value is -0.390. The van der Waals surface area contributed by atoms with Crippen molar-refractivity contribution in [3.63, 3.8) is 0 Å². The SMILES string of the molecule is CN1CCCCC1CNC(=O)c1csc(Br)c1. The fourth-order valence-electron chi connectivity index (χ4n) is 2.14. The normalized spacial score (nSPS) is 21.4. The van der Waals surface area contributed by atoms with E-state index in [1.807, 2.05) is 11.4 Å². The van der Waals surface area contributed by atoms with Crippen molar-refractivity contribution < 1.29 is 4.79 Å². The zero-order valence-corrected chi connectivity index (χ0v) is 12.3. The summed E-state index contributed by atoms with van der Waals surface area (Å²) < 4.78 is 0.998. The van der Waals surface area contributed by atoms with Crippen molar-refractivity contribution in [2.24, 2.45) is 0 Å². The van der Waals surface area contributed by atoms with Crippen LogP contribution in [0.5, 0.6) is 0 Å². The van der Waals surface area contributed by atoms with Crippen molar-refractivity contribution in [1.82, 2.24) is 10.2 Å². The van der Waals surface area contributed by atoms with Crippen LogP contribution in [0.3, 0.4) is 0 Å². The Labute approximate surface area is 114 Å². The maximum Gasteiger partial charge on any atom is 0.252 e. The second kappa shape index (κ2) is 5.98. The Morgan fingerprint density at radius 1 is 1.65 bits per heavy atom. The smallest absolute Gasteiger partial charge is 0.252 e. The van der Waals surface area contributed by atoms with Crippen LogP contribution in [0.1, 0.15) is 29.6 Å². The molecule has 1 aliphatic rings. The van der Waals surface area contributed by atoms with Crippen LogP contribution in [-0.4, -0.2) is 37.0 Å². The van der Waals surface area contributed by atoms with Crippen molar-refractivity contribution in [2.75, 3.05) is 20.1 Å². The molecular formula is C12H17BrN2OS. The van der Waals surface area contributed by atoms with E-state index in [1.54, 1.807) is 11.3 Å². The number of piperidine rings is 1. The summed E-state index contributed by atoms with van der Waals surface area (Å²) >= 11 is 4.91. The third-order valence-electron chi connectivity index (χ3n) is 3.25. The lowest BCUT2D eigenvalue weighted by Gasteiger charge is -2.32. The number of thiophene rings is 1. The molecule has 1 fully saturated rings. The average Bonchev–Trinajstić information content (AvgIpc) is 2.74. The van der Waals surface area contributed by atoms with Gasteiger partial charge >= 0.3 is 0 Å². The third-order valence-corrected chi connectivity index (χ3v) is 4.75. The van der Waals surface area contributed by atoms with Crippen LogP contribution in [0.4, 0.5) is 0 Å². The quantitative estimate of drug-likeness (QED) is 0.930. The summed E-state index contributed by atoms with van der Waals surface area (Å²) in [5.74, 6) is 0.0333. The highest BCUT2D eigenvalue weighted by molar-refractivity contribution is 9.11. The van der Waals surface area contributed by atoms with Gasteiger partial charge in [-0.15, -0.1) is 11.3 Å². The van der Waals surface area contributed by atoms with Crippen LogP contribution in [-0.2, 0) is 0 Å². The number of rotatable bonds is 3. The predicted molar refractivity (Wildman–Crippen MR) is 74.6 cm³/mol.